The number of carbonyl (C=O) groups excluding carboxylic acids is 1. The van der Waals surface area contributed by atoms with Gasteiger partial charge in [0.05, 0.1) is 12.0 Å². The molecule has 1 saturated heterocycles. The zero-order chi connectivity index (χ0) is 19.2. The SMILES string of the molecule is CCOC[C@]12CC3CC1(C(=O)NN1CCNCC1)C[C@@](c1ccccc1)(C3)C2. The molecule has 1 amide bonds. The molecule has 5 nitrogen and oxygen atoms in total. The smallest absolute Gasteiger partial charge is 0.241 e. The summed E-state index contributed by atoms with van der Waals surface area (Å²) >= 11 is 0. The first-order valence-electron chi connectivity index (χ1n) is 11.0. The zero-order valence-corrected chi connectivity index (χ0v) is 17.0. The number of hydrazine groups is 1. The van der Waals surface area contributed by atoms with Crippen LogP contribution in [0, 0.1) is 16.7 Å². The van der Waals surface area contributed by atoms with Gasteiger partial charge in [0.15, 0.2) is 0 Å². The fourth-order valence-electron chi connectivity index (χ4n) is 7.26. The lowest BCUT2D eigenvalue weighted by atomic mass is 9.63. The van der Waals surface area contributed by atoms with Gasteiger partial charge in [0.25, 0.3) is 0 Å². The standard InChI is InChI=1S/C23H33N3O2/c1-2-28-17-22-13-18-12-21(15-22,19-6-4-3-5-7-19)16-23(22,14-18)20(27)25-26-10-8-24-9-11-26/h3-7,18,24H,2,8-17H2,1H3,(H,25,27)/t18?,21-,22-,23?/m1/s1. The Balaban J connectivity index is 1.49. The Morgan fingerprint density at radius 3 is 2.71 bits per heavy atom. The minimum absolute atomic E-state index is 0.0140. The van der Waals surface area contributed by atoms with E-state index in [0.717, 1.165) is 65.1 Å². The summed E-state index contributed by atoms with van der Waals surface area (Å²) in [5.41, 5.74) is 4.60. The van der Waals surface area contributed by atoms with E-state index in [0.29, 0.717) is 5.92 Å². The molecule has 28 heavy (non-hydrogen) atoms. The molecule has 5 aliphatic rings. The normalized spacial score (nSPS) is 39.4. The Morgan fingerprint density at radius 2 is 1.96 bits per heavy atom. The summed E-state index contributed by atoms with van der Waals surface area (Å²) in [6.07, 6.45) is 5.48. The van der Waals surface area contributed by atoms with E-state index in [2.05, 4.69) is 53.0 Å². The average molecular weight is 384 g/mol. The molecule has 4 saturated carbocycles. The molecule has 1 aromatic rings. The van der Waals surface area contributed by atoms with Gasteiger partial charge in [0.1, 0.15) is 0 Å². The van der Waals surface area contributed by atoms with Gasteiger partial charge in [-0.15, -0.1) is 0 Å². The number of hydrogen-bond donors (Lipinski definition) is 2. The topological polar surface area (TPSA) is 53.6 Å². The van der Waals surface area contributed by atoms with Crippen molar-refractivity contribution < 1.29 is 9.53 Å². The van der Waals surface area contributed by atoms with Gasteiger partial charge in [-0.25, -0.2) is 5.01 Å². The molecule has 0 spiro atoms. The fourth-order valence-corrected chi connectivity index (χ4v) is 7.26. The van der Waals surface area contributed by atoms with Crippen LogP contribution in [0.5, 0.6) is 0 Å². The van der Waals surface area contributed by atoms with Gasteiger partial charge in [-0.05, 0) is 55.9 Å². The third kappa shape index (κ3) is 2.66. The number of rotatable bonds is 6. The van der Waals surface area contributed by atoms with Crippen LogP contribution >= 0.6 is 0 Å². The van der Waals surface area contributed by atoms with Crippen molar-refractivity contribution in [2.45, 2.75) is 44.4 Å². The van der Waals surface area contributed by atoms with Crippen molar-refractivity contribution in [2.24, 2.45) is 16.7 Å². The summed E-state index contributed by atoms with van der Waals surface area (Å²) in [5.74, 6) is 0.894. The van der Waals surface area contributed by atoms with Crippen LogP contribution in [-0.4, -0.2) is 50.3 Å². The highest BCUT2D eigenvalue weighted by Gasteiger charge is 2.74. The fraction of sp³-hybridized carbons (Fsp3) is 0.696. The Labute approximate surface area is 168 Å². The first-order chi connectivity index (χ1) is 13.6. The molecular formula is C23H33N3O2. The molecule has 5 fully saturated rings. The molecule has 5 heteroatoms. The quantitative estimate of drug-likeness (QED) is 0.792. The van der Waals surface area contributed by atoms with Crippen LogP contribution in [0.2, 0.25) is 0 Å². The van der Waals surface area contributed by atoms with Crippen LogP contribution in [0.25, 0.3) is 0 Å². The van der Waals surface area contributed by atoms with Gasteiger partial charge < -0.3 is 10.1 Å². The van der Waals surface area contributed by atoms with Gasteiger partial charge >= 0.3 is 0 Å². The van der Waals surface area contributed by atoms with Crippen molar-refractivity contribution in [3.05, 3.63) is 35.9 Å². The predicted octanol–water partition coefficient (Wildman–Crippen LogP) is 2.48. The maximum atomic E-state index is 13.8. The van der Waals surface area contributed by atoms with Crippen LogP contribution in [0.1, 0.15) is 44.6 Å². The van der Waals surface area contributed by atoms with Crippen molar-refractivity contribution in [3.8, 4) is 0 Å². The van der Waals surface area contributed by atoms with Crippen molar-refractivity contribution in [1.82, 2.24) is 15.8 Å². The van der Waals surface area contributed by atoms with E-state index < -0.39 is 0 Å². The molecule has 1 aliphatic heterocycles. The summed E-state index contributed by atoms with van der Waals surface area (Å²) in [5, 5.41) is 5.49. The number of hydrogen-bond acceptors (Lipinski definition) is 4. The molecule has 2 unspecified atom stereocenters. The highest BCUT2D eigenvalue weighted by molar-refractivity contribution is 5.85. The lowest BCUT2D eigenvalue weighted by Crippen LogP contribution is -2.57. The number of amides is 1. The van der Waals surface area contributed by atoms with Crippen LogP contribution in [0.3, 0.4) is 0 Å². The van der Waals surface area contributed by atoms with Crippen LogP contribution in [0.4, 0.5) is 0 Å². The second kappa shape index (κ2) is 6.82. The van der Waals surface area contributed by atoms with E-state index in [-0.39, 0.29) is 22.2 Å². The van der Waals surface area contributed by atoms with Crippen LogP contribution in [0.15, 0.2) is 30.3 Å². The first-order valence-corrected chi connectivity index (χ1v) is 11.0. The van der Waals surface area contributed by atoms with E-state index in [9.17, 15) is 4.79 Å². The molecule has 4 atom stereocenters. The van der Waals surface area contributed by atoms with Crippen LogP contribution in [-0.2, 0) is 14.9 Å². The number of carbonyl (C=O) groups is 1. The molecule has 4 aliphatic carbocycles. The third-order valence-electron chi connectivity index (χ3n) is 8.11. The predicted molar refractivity (Wildman–Crippen MR) is 109 cm³/mol. The summed E-state index contributed by atoms with van der Waals surface area (Å²) in [4.78, 5) is 13.8. The Kier molecular flexibility index (Phi) is 4.53. The largest absolute Gasteiger partial charge is 0.381 e. The number of ether oxygens (including phenoxy) is 1. The second-order valence-corrected chi connectivity index (χ2v) is 9.66. The molecule has 152 valence electrons. The van der Waals surface area contributed by atoms with Gasteiger partial charge in [-0.1, -0.05) is 30.3 Å². The van der Waals surface area contributed by atoms with Crippen molar-refractivity contribution in [1.29, 1.82) is 0 Å². The minimum Gasteiger partial charge on any atom is -0.381 e. The van der Waals surface area contributed by atoms with Crippen molar-refractivity contribution >= 4 is 5.91 Å². The molecule has 1 aromatic carbocycles. The Bertz CT molecular complexity index is 735. The van der Waals surface area contributed by atoms with Gasteiger partial charge in [-0.2, -0.15) is 0 Å². The molecule has 6 rings (SSSR count). The lowest BCUT2D eigenvalue weighted by Gasteiger charge is -2.41. The highest BCUT2D eigenvalue weighted by atomic mass is 16.5. The third-order valence-corrected chi connectivity index (χ3v) is 8.11. The molecular weight excluding hydrogens is 350 g/mol. The summed E-state index contributed by atoms with van der Waals surface area (Å²) in [6, 6.07) is 11.0. The van der Waals surface area contributed by atoms with E-state index in [1.165, 1.54) is 12.0 Å². The monoisotopic (exact) mass is 383 g/mol. The maximum absolute atomic E-state index is 13.8. The summed E-state index contributed by atoms with van der Waals surface area (Å²) in [7, 11) is 0. The molecule has 2 N–H and O–H groups in total. The van der Waals surface area contributed by atoms with E-state index in [4.69, 9.17) is 4.74 Å². The van der Waals surface area contributed by atoms with Crippen LogP contribution < -0.4 is 10.7 Å². The molecule has 0 aromatic heterocycles. The first kappa shape index (κ1) is 18.6. The maximum Gasteiger partial charge on any atom is 0.241 e. The Morgan fingerprint density at radius 1 is 1.18 bits per heavy atom. The number of nitrogens with zero attached hydrogens (tertiary/aromatic N) is 1. The van der Waals surface area contributed by atoms with Gasteiger partial charge in [0.2, 0.25) is 5.91 Å². The van der Waals surface area contributed by atoms with E-state index >= 15 is 0 Å². The highest BCUT2D eigenvalue weighted by Crippen LogP contribution is 2.76. The van der Waals surface area contributed by atoms with Gasteiger partial charge in [0, 0.05) is 38.2 Å². The van der Waals surface area contributed by atoms with E-state index in [1.807, 2.05) is 0 Å². The number of piperazine rings is 1. The number of benzene rings is 1. The van der Waals surface area contributed by atoms with Gasteiger partial charge in [-0.3, -0.25) is 10.2 Å². The molecule has 1 heterocycles. The van der Waals surface area contributed by atoms with E-state index in [1.54, 1.807) is 0 Å². The minimum atomic E-state index is -0.286. The summed E-state index contributed by atoms with van der Waals surface area (Å²) < 4.78 is 6.03. The average Bonchev–Trinajstić information content (AvgIpc) is 3.07. The lowest BCUT2D eigenvalue weighted by molar-refractivity contribution is -0.144. The van der Waals surface area contributed by atoms with Crippen molar-refractivity contribution in [2.75, 3.05) is 39.4 Å². The second-order valence-electron chi connectivity index (χ2n) is 9.66. The summed E-state index contributed by atoms with van der Waals surface area (Å²) in [6.45, 7) is 7.16. The molecule has 0 radical (unpaired) electrons. The van der Waals surface area contributed by atoms with Crippen molar-refractivity contribution in [3.63, 3.8) is 0 Å². The molecule has 4 bridgehead atoms. The Hall–Kier alpha value is -1.43. The number of nitrogens with one attached hydrogen (secondary N) is 2. The zero-order valence-electron chi connectivity index (χ0n) is 17.0.